The largest absolute Gasteiger partial charge is 0.364 e. The molecule has 24 heavy (non-hydrogen) atoms. The molecule has 9 heteroatoms. The van der Waals surface area contributed by atoms with Crippen molar-refractivity contribution in [2.24, 2.45) is 5.73 Å². The Hall–Kier alpha value is -2.45. The lowest BCUT2D eigenvalue weighted by Gasteiger charge is -2.37. The van der Waals surface area contributed by atoms with E-state index in [0.29, 0.717) is 12.5 Å². The zero-order valence-corrected chi connectivity index (χ0v) is 14.1. The molecule has 2 aliphatic heterocycles. The number of anilines is 1. The minimum atomic E-state index is -0.644. The summed E-state index contributed by atoms with van der Waals surface area (Å²) in [5.74, 6) is -0.174. The van der Waals surface area contributed by atoms with Gasteiger partial charge in [0.15, 0.2) is 5.69 Å². The smallest absolute Gasteiger partial charge is 0.320 e. The topological polar surface area (TPSA) is 109 Å². The first kappa shape index (κ1) is 16.4. The molecule has 0 bridgehead atoms. The van der Waals surface area contributed by atoms with Crippen LogP contribution in [-0.4, -0.2) is 75.2 Å². The first-order valence-electron chi connectivity index (χ1n) is 8.29. The number of carbonyl (C=O) groups is 2. The molecule has 0 radical (unpaired) electrons. The summed E-state index contributed by atoms with van der Waals surface area (Å²) in [6, 6.07) is 0.477. The first-order chi connectivity index (χ1) is 11.5. The van der Waals surface area contributed by atoms with Crippen molar-refractivity contribution >= 4 is 17.9 Å². The Kier molecular flexibility index (Phi) is 4.50. The van der Waals surface area contributed by atoms with Crippen molar-refractivity contribution < 1.29 is 9.59 Å². The van der Waals surface area contributed by atoms with Crippen molar-refractivity contribution in [1.82, 2.24) is 25.0 Å². The lowest BCUT2D eigenvalue weighted by molar-refractivity contribution is 0.0994. The van der Waals surface area contributed by atoms with E-state index in [4.69, 9.17) is 5.73 Å². The zero-order chi connectivity index (χ0) is 17.3. The number of urea groups is 1. The Balaban J connectivity index is 1.68. The predicted molar refractivity (Wildman–Crippen MR) is 87.5 cm³/mol. The van der Waals surface area contributed by atoms with Crippen molar-refractivity contribution in [3.05, 3.63) is 11.9 Å². The Labute approximate surface area is 140 Å². The van der Waals surface area contributed by atoms with Crippen molar-refractivity contribution in [2.75, 3.05) is 31.1 Å². The SMILES string of the molecule is CC(C)N1CCN(C2CCCN(c3ncc(C(N)=O)nn3)C2)C1=O. The fourth-order valence-corrected chi connectivity index (χ4v) is 3.31. The van der Waals surface area contributed by atoms with Crippen LogP contribution in [0.3, 0.4) is 0 Å². The Morgan fingerprint density at radius 2 is 2.08 bits per heavy atom. The van der Waals surface area contributed by atoms with E-state index < -0.39 is 5.91 Å². The zero-order valence-electron chi connectivity index (χ0n) is 14.1. The second kappa shape index (κ2) is 6.58. The molecule has 0 aliphatic carbocycles. The molecule has 3 rings (SSSR count). The molecule has 0 spiro atoms. The molecule has 130 valence electrons. The van der Waals surface area contributed by atoms with Crippen molar-refractivity contribution in [1.29, 1.82) is 0 Å². The van der Waals surface area contributed by atoms with E-state index in [0.717, 1.165) is 32.5 Å². The maximum absolute atomic E-state index is 12.5. The van der Waals surface area contributed by atoms with Crippen LogP contribution >= 0.6 is 0 Å². The van der Waals surface area contributed by atoms with E-state index in [2.05, 4.69) is 15.2 Å². The van der Waals surface area contributed by atoms with Crippen LogP contribution in [0.5, 0.6) is 0 Å². The molecular formula is C15H23N7O2. The van der Waals surface area contributed by atoms with Crippen LogP contribution < -0.4 is 10.6 Å². The van der Waals surface area contributed by atoms with Gasteiger partial charge in [0.05, 0.1) is 12.2 Å². The van der Waals surface area contributed by atoms with Crippen molar-refractivity contribution in [3.8, 4) is 0 Å². The van der Waals surface area contributed by atoms with Crippen LogP contribution in [0.1, 0.15) is 37.2 Å². The van der Waals surface area contributed by atoms with Crippen LogP contribution in [0.4, 0.5) is 10.7 Å². The lowest BCUT2D eigenvalue weighted by atomic mass is 10.0. The Bertz CT molecular complexity index is 619. The molecule has 0 aromatic carbocycles. The normalized spacial score (nSPS) is 21.7. The molecule has 1 atom stereocenters. The molecular weight excluding hydrogens is 310 g/mol. The van der Waals surface area contributed by atoms with Crippen LogP contribution in [-0.2, 0) is 0 Å². The van der Waals surface area contributed by atoms with Gasteiger partial charge in [0, 0.05) is 32.2 Å². The molecule has 3 amide bonds. The van der Waals surface area contributed by atoms with Gasteiger partial charge in [-0.2, -0.15) is 0 Å². The van der Waals surface area contributed by atoms with Crippen molar-refractivity contribution in [2.45, 2.75) is 38.8 Å². The molecule has 3 heterocycles. The second-order valence-electron chi connectivity index (χ2n) is 6.51. The molecule has 2 fully saturated rings. The van der Waals surface area contributed by atoms with Crippen LogP contribution in [0.15, 0.2) is 6.20 Å². The number of rotatable bonds is 4. The summed E-state index contributed by atoms with van der Waals surface area (Å²) in [6.45, 7) is 7.09. The van der Waals surface area contributed by atoms with Gasteiger partial charge in [-0.1, -0.05) is 0 Å². The second-order valence-corrected chi connectivity index (χ2v) is 6.51. The minimum Gasteiger partial charge on any atom is -0.364 e. The van der Waals surface area contributed by atoms with Gasteiger partial charge in [0.1, 0.15) is 0 Å². The predicted octanol–water partition coefficient (Wildman–Crippen LogP) is 0.0853. The number of nitrogens with zero attached hydrogens (tertiary/aromatic N) is 6. The molecule has 9 nitrogen and oxygen atoms in total. The van der Waals surface area contributed by atoms with Gasteiger partial charge in [-0.3, -0.25) is 4.79 Å². The molecule has 2 N–H and O–H groups in total. The summed E-state index contributed by atoms with van der Waals surface area (Å²) in [6.07, 6.45) is 3.27. The summed E-state index contributed by atoms with van der Waals surface area (Å²) < 4.78 is 0. The maximum Gasteiger partial charge on any atom is 0.320 e. The third kappa shape index (κ3) is 3.10. The Morgan fingerprint density at radius 3 is 2.67 bits per heavy atom. The van der Waals surface area contributed by atoms with Gasteiger partial charge in [0.25, 0.3) is 5.91 Å². The Morgan fingerprint density at radius 1 is 1.29 bits per heavy atom. The van der Waals surface area contributed by atoms with E-state index in [-0.39, 0.29) is 23.8 Å². The highest BCUT2D eigenvalue weighted by atomic mass is 16.2. The first-order valence-corrected chi connectivity index (χ1v) is 8.29. The average Bonchev–Trinajstić information content (AvgIpc) is 2.97. The molecule has 1 aromatic rings. The van der Waals surface area contributed by atoms with Gasteiger partial charge in [-0.05, 0) is 26.7 Å². The molecule has 2 saturated heterocycles. The summed E-state index contributed by atoms with van der Waals surface area (Å²) in [5, 5.41) is 7.81. The fourth-order valence-electron chi connectivity index (χ4n) is 3.31. The quantitative estimate of drug-likeness (QED) is 0.836. The summed E-state index contributed by atoms with van der Waals surface area (Å²) in [7, 11) is 0. The van der Waals surface area contributed by atoms with E-state index in [1.54, 1.807) is 0 Å². The number of hydrogen-bond acceptors (Lipinski definition) is 6. The van der Waals surface area contributed by atoms with E-state index in [1.165, 1.54) is 6.20 Å². The van der Waals surface area contributed by atoms with Crippen LogP contribution in [0.25, 0.3) is 0 Å². The number of amides is 3. The average molecular weight is 333 g/mol. The highest BCUT2D eigenvalue weighted by Crippen LogP contribution is 2.23. The number of carbonyl (C=O) groups excluding carboxylic acids is 2. The molecule has 1 aromatic heterocycles. The van der Waals surface area contributed by atoms with Gasteiger partial charge in [-0.25, -0.2) is 9.78 Å². The van der Waals surface area contributed by atoms with Crippen LogP contribution in [0, 0.1) is 0 Å². The summed E-state index contributed by atoms with van der Waals surface area (Å²) >= 11 is 0. The maximum atomic E-state index is 12.5. The van der Waals surface area contributed by atoms with E-state index >= 15 is 0 Å². The molecule has 0 saturated carbocycles. The highest BCUT2D eigenvalue weighted by molar-refractivity contribution is 5.90. The van der Waals surface area contributed by atoms with Gasteiger partial charge in [0.2, 0.25) is 5.95 Å². The van der Waals surface area contributed by atoms with E-state index in [1.807, 2.05) is 28.5 Å². The molecule has 1 unspecified atom stereocenters. The van der Waals surface area contributed by atoms with Gasteiger partial charge < -0.3 is 20.4 Å². The van der Waals surface area contributed by atoms with Crippen molar-refractivity contribution in [3.63, 3.8) is 0 Å². The van der Waals surface area contributed by atoms with Gasteiger partial charge >= 0.3 is 6.03 Å². The monoisotopic (exact) mass is 333 g/mol. The number of piperidine rings is 1. The third-order valence-electron chi connectivity index (χ3n) is 4.62. The number of aromatic nitrogens is 3. The molecule has 2 aliphatic rings. The summed E-state index contributed by atoms with van der Waals surface area (Å²) in [5.41, 5.74) is 5.21. The number of nitrogens with two attached hydrogens (primary N) is 1. The number of primary amides is 1. The minimum absolute atomic E-state index is 0.0506. The standard InChI is InChI=1S/C15H23N7O2/c1-10(2)21-6-7-22(15(21)24)11-4-3-5-20(9-11)14-17-8-12(13(16)23)18-19-14/h8,10-11H,3-7,9H2,1-2H3,(H2,16,23). The summed E-state index contributed by atoms with van der Waals surface area (Å²) in [4.78, 5) is 33.7. The fraction of sp³-hybridized carbons (Fsp3) is 0.667. The van der Waals surface area contributed by atoms with E-state index in [9.17, 15) is 9.59 Å². The highest BCUT2D eigenvalue weighted by Gasteiger charge is 2.37. The number of hydrogen-bond donors (Lipinski definition) is 1. The lowest BCUT2D eigenvalue weighted by Crippen LogP contribution is -2.50. The third-order valence-corrected chi connectivity index (χ3v) is 4.62. The van der Waals surface area contributed by atoms with Gasteiger partial charge in [-0.15, -0.1) is 10.2 Å². The van der Waals surface area contributed by atoms with Crippen LogP contribution in [0.2, 0.25) is 0 Å².